The molecule has 0 bridgehead atoms. The molecule has 3 aromatic rings. The quantitative estimate of drug-likeness (QED) is 0.297. The molecule has 0 radical (unpaired) electrons. The summed E-state index contributed by atoms with van der Waals surface area (Å²) in [4.78, 5) is 22.5. The number of halogens is 2. The standard InChI is InChI=1S/C28H36Cl2N4O3Si/c1-28(2,3)38(4,5)37-18-25(20-14-21(29)17-22(30)15-20)34-11-7-19(16-26(34)35)24-6-10-31-27(33-24)32-23-8-12-36-13-9-23/h6-7,10-11,14-17,23,25H,8-9,12-13,18H2,1-5H3,(H,31,32,33). The second-order valence-electron chi connectivity index (χ2n) is 11.2. The summed E-state index contributed by atoms with van der Waals surface area (Å²) in [5.74, 6) is 0.549. The summed E-state index contributed by atoms with van der Waals surface area (Å²) in [5.41, 5.74) is 2.05. The Balaban J connectivity index is 1.64. The van der Waals surface area contributed by atoms with Gasteiger partial charge < -0.3 is 19.0 Å². The van der Waals surface area contributed by atoms with E-state index >= 15 is 0 Å². The molecule has 1 saturated heterocycles. The van der Waals surface area contributed by atoms with E-state index in [0.717, 1.165) is 37.2 Å². The van der Waals surface area contributed by atoms with Crippen LogP contribution >= 0.6 is 23.2 Å². The molecule has 3 heterocycles. The highest BCUT2D eigenvalue weighted by Gasteiger charge is 2.38. The maximum Gasteiger partial charge on any atom is 0.251 e. The van der Waals surface area contributed by atoms with Crippen molar-refractivity contribution in [1.82, 2.24) is 14.5 Å². The lowest BCUT2D eigenvalue weighted by molar-refractivity contribution is 0.0903. The number of anilines is 1. The maximum absolute atomic E-state index is 13.5. The fourth-order valence-electron chi connectivity index (χ4n) is 4.13. The number of benzene rings is 1. The van der Waals surface area contributed by atoms with Crippen molar-refractivity contribution in [3.05, 3.63) is 74.8 Å². The van der Waals surface area contributed by atoms with Crippen LogP contribution in [0, 0.1) is 0 Å². The van der Waals surface area contributed by atoms with Gasteiger partial charge in [0.15, 0.2) is 8.32 Å². The molecule has 10 heteroatoms. The Hall–Kier alpha value is -2.23. The first-order valence-electron chi connectivity index (χ1n) is 12.9. The average Bonchev–Trinajstić information content (AvgIpc) is 2.84. The van der Waals surface area contributed by atoms with Crippen molar-refractivity contribution in [2.24, 2.45) is 0 Å². The second kappa shape index (κ2) is 11.9. The van der Waals surface area contributed by atoms with Crippen molar-refractivity contribution < 1.29 is 9.16 Å². The van der Waals surface area contributed by atoms with Crippen LogP contribution in [0.5, 0.6) is 0 Å². The topological polar surface area (TPSA) is 78.3 Å². The van der Waals surface area contributed by atoms with E-state index in [4.69, 9.17) is 32.4 Å². The van der Waals surface area contributed by atoms with Gasteiger partial charge in [0.25, 0.3) is 5.56 Å². The minimum atomic E-state index is -2.08. The van der Waals surface area contributed by atoms with Gasteiger partial charge in [-0.3, -0.25) is 4.79 Å². The number of aromatic nitrogens is 3. The van der Waals surface area contributed by atoms with Gasteiger partial charge in [0.05, 0.1) is 18.3 Å². The van der Waals surface area contributed by atoms with E-state index in [0.29, 0.717) is 28.3 Å². The van der Waals surface area contributed by atoms with Gasteiger partial charge in [-0.05, 0) is 66.9 Å². The number of hydrogen-bond acceptors (Lipinski definition) is 6. The Bertz CT molecular complexity index is 1300. The van der Waals surface area contributed by atoms with E-state index in [9.17, 15) is 4.79 Å². The smallest absolute Gasteiger partial charge is 0.251 e. The van der Waals surface area contributed by atoms with Crippen LogP contribution in [-0.2, 0) is 9.16 Å². The lowest BCUT2D eigenvalue weighted by atomic mass is 10.1. The molecular formula is C28H36Cl2N4O3Si. The minimum Gasteiger partial charge on any atom is -0.414 e. The van der Waals surface area contributed by atoms with Crippen molar-refractivity contribution >= 4 is 37.5 Å². The Morgan fingerprint density at radius 2 is 1.82 bits per heavy atom. The third-order valence-electron chi connectivity index (χ3n) is 7.47. The number of rotatable bonds is 8. The first-order valence-corrected chi connectivity index (χ1v) is 16.6. The maximum atomic E-state index is 13.5. The van der Waals surface area contributed by atoms with Gasteiger partial charge in [-0.1, -0.05) is 44.0 Å². The molecule has 1 unspecified atom stereocenters. The van der Waals surface area contributed by atoms with Gasteiger partial charge in [-0.15, -0.1) is 0 Å². The highest BCUT2D eigenvalue weighted by molar-refractivity contribution is 6.74. The molecule has 0 aliphatic carbocycles. The van der Waals surface area contributed by atoms with Crippen LogP contribution < -0.4 is 10.9 Å². The second-order valence-corrected chi connectivity index (χ2v) is 16.9. The molecule has 0 amide bonds. The van der Waals surface area contributed by atoms with Crippen molar-refractivity contribution in [3.8, 4) is 11.3 Å². The summed E-state index contributed by atoms with van der Waals surface area (Å²) in [6.45, 7) is 12.8. The molecule has 1 aromatic carbocycles. The number of ether oxygens (including phenoxy) is 1. The molecule has 204 valence electrons. The van der Waals surface area contributed by atoms with E-state index in [1.165, 1.54) is 0 Å². The molecule has 1 aliphatic rings. The molecule has 0 saturated carbocycles. The molecule has 1 N–H and O–H groups in total. The predicted molar refractivity (Wildman–Crippen MR) is 157 cm³/mol. The fourth-order valence-corrected chi connectivity index (χ4v) is 5.68. The van der Waals surface area contributed by atoms with E-state index < -0.39 is 14.4 Å². The number of hydrogen-bond donors (Lipinski definition) is 1. The molecule has 38 heavy (non-hydrogen) atoms. The van der Waals surface area contributed by atoms with Gasteiger partial charge in [0.1, 0.15) is 0 Å². The van der Waals surface area contributed by atoms with Crippen LogP contribution in [0.1, 0.15) is 45.2 Å². The van der Waals surface area contributed by atoms with Crippen LogP contribution in [0.25, 0.3) is 11.3 Å². The number of nitrogens with one attached hydrogen (secondary N) is 1. The molecule has 1 fully saturated rings. The summed E-state index contributed by atoms with van der Waals surface area (Å²) in [6.07, 6.45) is 5.32. The third kappa shape index (κ3) is 7.04. The van der Waals surface area contributed by atoms with E-state index in [1.807, 2.05) is 24.3 Å². The van der Waals surface area contributed by atoms with Crippen LogP contribution in [0.2, 0.25) is 28.2 Å². The van der Waals surface area contributed by atoms with E-state index in [2.05, 4.69) is 49.1 Å². The third-order valence-corrected chi connectivity index (χ3v) is 12.4. The minimum absolute atomic E-state index is 0.0295. The van der Waals surface area contributed by atoms with E-state index in [-0.39, 0.29) is 16.6 Å². The van der Waals surface area contributed by atoms with Crippen LogP contribution in [-0.4, -0.2) is 48.7 Å². The van der Waals surface area contributed by atoms with E-state index in [1.54, 1.807) is 29.1 Å². The molecule has 7 nitrogen and oxygen atoms in total. The molecular weight excluding hydrogens is 539 g/mol. The van der Waals surface area contributed by atoms with Gasteiger partial charge in [0.2, 0.25) is 5.95 Å². The first-order chi connectivity index (χ1) is 17.9. The molecule has 0 spiro atoms. The summed E-state index contributed by atoms with van der Waals surface area (Å²) < 4.78 is 13.7. The van der Waals surface area contributed by atoms with Crippen LogP contribution in [0.3, 0.4) is 0 Å². The monoisotopic (exact) mass is 574 g/mol. The zero-order valence-electron chi connectivity index (χ0n) is 22.6. The normalized spacial score (nSPS) is 15.9. The Morgan fingerprint density at radius 1 is 1.13 bits per heavy atom. The Morgan fingerprint density at radius 3 is 2.45 bits per heavy atom. The Kier molecular flexibility index (Phi) is 8.99. The molecule has 1 atom stereocenters. The average molecular weight is 576 g/mol. The predicted octanol–water partition coefficient (Wildman–Crippen LogP) is 6.81. The molecule has 1 aliphatic heterocycles. The van der Waals surface area contributed by atoms with Crippen molar-refractivity contribution in [1.29, 1.82) is 0 Å². The van der Waals surface area contributed by atoms with Crippen molar-refractivity contribution in [2.45, 2.75) is 63.8 Å². The SMILES string of the molecule is CC(C)(C)[Si](C)(C)OCC(c1cc(Cl)cc(Cl)c1)n1ccc(-c2ccnc(NC3CCOCC3)n2)cc1=O. The van der Waals surface area contributed by atoms with Crippen molar-refractivity contribution in [2.75, 3.05) is 25.1 Å². The highest BCUT2D eigenvalue weighted by atomic mass is 35.5. The first kappa shape index (κ1) is 28.8. The fraction of sp³-hybridized carbons (Fsp3) is 0.464. The lowest BCUT2D eigenvalue weighted by Crippen LogP contribution is -2.43. The summed E-state index contributed by atoms with van der Waals surface area (Å²) in [6, 6.07) is 10.6. The summed E-state index contributed by atoms with van der Waals surface area (Å²) >= 11 is 12.7. The highest BCUT2D eigenvalue weighted by Crippen LogP contribution is 2.37. The van der Waals surface area contributed by atoms with Gasteiger partial charge in [-0.2, -0.15) is 0 Å². The van der Waals surface area contributed by atoms with Gasteiger partial charge >= 0.3 is 0 Å². The summed E-state index contributed by atoms with van der Waals surface area (Å²) in [7, 11) is -2.08. The molecule has 4 rings (SSSR count). The van der Waals surface area contributed by atoms with Crippen LogP contribution in [0.4, 0.5) is 5.95 Å². The zero-order chi connectivity index (χ0) is 27.5. The summed E-state index contributed by atoms with van der Waals surface area (Å²) in [5, 5.41) is 4.44. The van der Waals surface area contributed by atoms with Gasteiger partial charge in [-0.25, -0.2) is 9.97 Å². The number of nitrogens with zero attached hydrogens (tertiary/aromatic N) is 3. The van der Waals surface area contributed by atoms with Crippen LogP contribution in [0.15, 0.2) is 53.6 Å². The number of pyridine rings is 1. The Labute approximate surface area is 235 Å². The molecule has 2 aromatic heterocycles. The lowest BCUT2D eigenvalue weighted by Gasteiger charge is -2.37. The zero-order valence-corrected chi connectivity index (χ0v) is 25.1. The van der Waals surface area contributed by atoms with Crippen molar-refractivity contribution in [3.63, 3.8) is 0 Å². The van der Waals surface area contributed by atoms with Gasteiger partial charge in [0, 0.05) is 53.3 Å². The largest absolute Gasteiger partial charge is 0.414 e.